The monoisotopic (exact) mass is 426 g/mol. The van der Waals surface area contributed by atoms with Crippen LogP contribution in [0.4, 0.5) is 22.8 Å². The topological polar surface area (TPSA) is 87.9 Å². The average molecular weight is 426 g/mol. The number of rotatable bonds is 5. The number of hydrogen-bond acceptors (Lipinski definition) is 3. The van der Waals surface area contributed by atoms with Gasteiger partial charge >= 0.3 is 18.4 Å². The van der Waals surface area contributed by atoms with E-state index in [9.17, 15) is 22.8 Å². The second-order valence-corrected chi connectivity index (χ2v) is 8.23. The minimum atomic E-state index is -4.71. The lowest BCUT2D eigenvalue weighted by Gasteiger charge is -2.38. The second kappa shape index (κ2) is 7.88. The van der Waals surface area contributed by atoms with Crippen LogP contribution in [0.25, 0.3) is 0 Å². The lowest BCUT2D eigenvalue weighted by Crippen LogP contribution is -2.55. The Balaban J connectivity index is 1.29. The van der Waals surface area contributed by atoms with E-state index in [1.165, 1.54) is 12.1 Å². The molecule has 0 aromatic heterocycles. The highest BCUT2D eigenvalue weighted by atomic mass is 19.4. The molecule has 0 bridgehead atoms. The van der Waals surface area contributed by atoms with Gasteiger partial charge in [0.1, 0.15) is 5.75 Å². The summed E-state index contributed by atoms with van der Waals surface area (Å²) < 4.78 is 40.7. The summed E-state index contributed by atoms with van der Waals surface area (Å²) in [5.41, 5.74) is 6.41. The summed E-state index contributed by atoms with van der Waals surface area (Å²) in [6, 6.07) is 5.25. The zero-order valence-electron chi connectivity index (χ0n) is 16.4. The van der Waals surface area contributed by atoms with Gasteiger partial charge in [0, 0.05) is 31.1 Å². The first-order chi connectivity index (χ1) is 14.2. The molecule has 1 aliphatic heterocycles. The van der Waals surface area contributed by atoms with E-state index in [2.05, 4.69) is 10.1 Å². The maximum absolute atomic E-state index is 12.7. The maximum Gasteiger partial charge on any atom is 0.573 e. The van der Waals surface area contributed by atoms with E-state index in [4.69, 9.17) is 5.73 Å². The highest BCUT2D eigenvalue weighted by Crippen LogP contribution is 2.41. The molecular weight excluding hydrogens is 401 g/mol. The third-order valence-corrected chi connectivity index (χ3v) is 5.91. The van der Waals surface area contributed by atoms with Crippen molar-refractivity contribution in [3.05, 3.63) is 29.8 Å². The first-order valence-electron chi connectivity index (χ1n) is 10.2. The van der Waals surface area contributed by atoms with E-state index in [-0.39, 0.29) is 35.8 Å². The van der Waals surface area contributed by atoms with Crippen LogP contribution in [0.5, 0.6) is 5.75 Å². The molecule has 0 spiro atoms. The van der Waals surface area contributed by atoms with E-state index in [0.29, 0.717) is 13.1 Å². The van der Waals surface area contributed by atoms with E-state index >= 15 is 0 Å². The number of carbonyl (C=O) groups excluding carboxylic acids is 2. The number of hydrogen-bond donors (Lipinski definition) is 2. The van der Waals surface area contributed by atoms with Crippen LogP contribution < -0.4 is 15.8 Å². The molecule has 3 atom stereocenters. The number of benzene rings is 1. The average Bonchev–Trinajstić information content (AvgIpc) is 3.58. The van der Waals surface area contributed by atoms with Crippen molar-refractivity contribution in [1.29, 1.82) is 0 Å². The molecule has 10 heteroatoms. The fourth-order valence-electron chi connectivity index (χ4n) is 4.27. The van der Waals surface area contributed by atoms with Gasteiger partial charge in [0.25, 0.3) is 0 Å². The van der Waals surface area contributed by atoms with E-state index in [0.717, 1.165) is 37.7 Å². The largest absolute Gasteiger partial charge is 0.573 e. The highest BCUT2D eigenvalue weighted by molar-refractivity contribution is 5.76. The number of nitrogens with two attached hydrogens (primary N) is 1. The molecule has 3 N–H and O–H groups in total. The Kier molecular flexibility index (Phi) is 5.42. The molecule has 2 saturated carbocycles. The SMILES string of the molecule is NC(=O)N(C1CC1)[C@@H]1CCCN(C(=O)N[C@@H]2C[C@H]2c2ccc(OC(F)(F)F)cc2)C1. The van der Waals surface area contributed by atoms with Gasteiger partial charge in [-0.15, -0.1) is 13.2 Å². The summed E-state index contributed by atoms with van der Waals surface area (Å²) in [5.74, 6) is -0.190. The van der Waals surface area contributed by atoms with Crippen LogP contribution in [0.15, 0.2) is 24.3 Å². The zero-order valence-corrected chi connectivity index (χ0v) is 16.4. The number of urea groups is 2. The van der Waals surface area contributed by atoms with Crippen molar-refractivity contribution < 1.29 is 27.5 Å². The van der Waals surface area contributed by atoms with Gasteiger partial charge in [-0.2, -0.15) is 0 Å². The van der Waals surface area contributed by atoms with Crippen LogP contribution in [0, 0.1) is 0 Å². The van der Waals surface area contributed by atoms with Crippen LogP contribution in [0.2, 0.25) is 0 Å². The van der Waals surface area contributed by atoms with Gasteiger partial charge in [-0.25, -0.2) is 9.59 Å². The highest BCUT2D eigenvalue weighted by Gasteiger charge is 2.42. The Morgan fingerprint density at radius 1 is 1.13 bits per heavy atom. The Bertz CT molecular complexity index is 797. The molecule has 4 amide bonds. The van der Waals surface area contributed by atoms with Crippen LogP contribution in [-0.2, 0) is 0 Å². The predicted octanol–water partition coefficient (Wildman–Crippen LogP) is 3.16. The summed E-state index contributed by atoms with van der Waals surface area (Å²) >= 11 is 0. The van der Waals surface area contributed by atoms with E-state index < -0.39 is 12.4 Å². The normalized spacial score (nSPS) is 26.1. The Hall–Kier alpha value is -2.65. The molecule has 0 radical (unpaired) electrons. The molecule has 2 aliphatic carbocycles. The van der Waals surface area contributed by atoms with Gasteiger partial charge in [-0.1, -0.05) is 12.1 Å². The molecule has 7 nitrogen and oxygen atoms in total. The van der Waals surface area contributed by atoms with Crippen molar-refractivity contribution in [2.24, 2.45) is 5.73 Å². The van der Waals surface area contributed by atoms with E-state index in [1.54, 1.807) is 21.9 Å². The number of likely N-dealkylation sites (tertiary alicyclic amines) is 1. The number of piperidine rings is 1. The van der Waals surface area contributed by atoms with Crippen LogP contribution in [-0.4, -0.2) is 59.4 Å². The molecule has 164 valence electrons. The first kappa shape index (κ1) is 20.6. The van der Waals surface area contributed by atoms with E-state index in [1.807, 2.05) is 0 Å². The lowest BCUT2D eigenvalue weighted by molar-refractivity contribution is -0.274. The molecule has 3 fully saturated rings. The van der Waals surface area contributed by atoms with Crippen LogP contribution in [0.1, 0.15) is 43.6 Å². The maximum atomic E-state index is 12.7. The Morgan fingerprint density at radius 3 is 2.43 bits per heavy atom. The van der Waals surface area contributed by atoms with Gasteiger partial charge in [0.15, 0.2) is 0 Å². The number of primary amides is 1. The minimum absolute atomic E-state index is 0.0503. The first-order valence-corrected chi connectivity index (χ1v) is 10.2. The molecule has 0 unspecified atom stereocenters. The lowest BCUT2D eigenvalue weighted by atomic mass is 10.0. The van der Waals surface area contributed by atoms with Crippen LogP contribution in [0.3, 0.4) is 0 Å². The molecular formula is C20H25F3N4O3. The van der Waals surface area contributed by atoms with Crippen molar-refractivity contribution in [1.82, 2.24) is 15.1 Å². The molecule has 3 aliphatic rings. The summed E-state index contributed by atoms with van der Waals surface area (Å²) in [6.07, 6.45) is -0.416. The van der Waals surface area contributed by atoms with Gasteiger partial charge in [0.2, 0.25) is 0 Å². The minimum Gasteiger partial charge on any atom is -0.406 e. The number of nitrogens with zero attached hydrogens (tertiary/aromatic N) is 2. The van der Waals surface area contributed by atoms with Crippen molar-refractivity contribution >= 4 is 12.1 Å². The third-order valence-electron chi connectivity index (χ3n) is 5.91. The summed E-state index contributed by atoms with van der Waals surface area (Å²) in [5, 5.41) is 3.00. The van der Waals surface area contributed by atoms with Crippen molar-refractivity contribution in [2.45, 2.75) is 62.5 Å². The number of alkyl halides is 3. The number of amides is 4. The summed E-state index contributed by atoms with van der Waals surface area (Å²) in [6.45, 7) is 1.09. The molecule has 1 aromatic rings. The summed E-state index contributed by atoms with van der Waals surface area (Å²) in [4.78, 5) is 27.9. The number of carbonyl (C=O) groups is 2. The summed E-state index contributed by atoms with van der Waals surface area (Å²) in [7, 11) is 0. The fraction of sp³-hybridized carbons (Fsp3) is 0.600. The fourth-order valence-corrected chi connectivity index (χ4v) is 4.27. The molecule has 30 heavy (non-hydrogen) atoms. The number of halogens is 3. The quantitative estimate of drug-likeness (QED) is 0.758. The van der Waals surface area contributed by atoms with Crippen molar-refractivity contribution in [3.63, 3.8) is 0 Å². The Labute approximate surface area is 172 Å². The van der Waals surface area contributed by atoms with Gasteiger partial charge in [-0.3, -0.25) is 0 Å². The van der Waals surface area contributed by atoms with Gasteiger partial charge in [0.05, 0.1) is 6.04 Å². The van der Waals surface area contributed by atoms with Crippen molar-refractivity contribution in [2.75, 3.05) is 13.1 Å². The van der Waals surface area contributed by atoms with Gasteiger partial charge in [-0.05, 0) is 49.8 Å². The predicted molar refractivity (Wildman–Crippen MR) is 102 cm³/mol. The van der Waals surface area contributed by atoms with Crippen LogP contribution >= 0.6 is 0 Å². The standard InChI is InChI=1S/C20H25F3N4O3/c21-20(22,23)30-15-7-3-12(4-8-15)16-10-17(16)25-19(29)26-9-1-2-14(11-26)27(18(24)28)13-5-6-13/h3-4,7-8,13-14,16-17H,1-2,5-6,9-11H2,(H2,24,28)(H,25,29)/t14-,16+,17-/m1/s1. The number of ether oxygens (including phenoxy) is 1. The Morgan fingerprint density at radius 2 is 1.83 bits per heavy atom. The number of nitrogens with one attached hydrogen (secondary N) is 1. The molecule has 1 saturated heterocycles. The third kappa shape index (κ3) is 4.91. The molecule has 4 rings (SSSR count). The van der Waals surface area contributed by atoms with Crippen molar-refractivity contribution in [3.8, 4) is 5.75 Å². The molecule has 1 aromatic carbocycles. The second-order valence-electron chi connectivity index (χ2n) is 8.23. The van der Waals surface area contributed by atoms with Gasteiger partial charge < -0.3 is 25.6 Å². The zero-order chi connectivity index (χ0) is 21.5. The smallest absolute Gasteiger partial charge is 0.406 e. The molecule has 1 heterocycles.